The maximum atomic E-state index is 5.05. The van der Waals surface area contributed by atoms with E-state index in [4.69, 9.17) is 4.74 Å². The van der Waals surface area contributed by atoms with Gasteiger partial charge in [-0.2, -0.15) is 5.10 Å². The Kier molecular flexibility index (Phi) is 3.19. The van der Waals surface area contributed by atoms with Crippen molar-refractivity contribution in [3.8, 4) is 0 Å². The molecule has 0 unspecified atom stereocenters. The first kappa shape index (κ1) is 9.71. The van der Waals surface area contributed by atoms with E-state index in [2.05, 4.69) is 22.0 Å². The molecule has 1 heterocycles. The van der Waals surface area contributed by atoms with Crippen LogP contribution in [0.25, 0.3) is 0 Å². The van der Waals surface area contributed by atoms with Crippen molar-refractivity contribution in [1.29, 1.82) is 0 Å². The summed E-state index contributed by atoms with van der Waals surface area (Å²) in [6, 6.07) is 2.69. The summed E-state index contributed by atoms with van der Waals surface area (Å²) in [5.74, 6) is 0. The average molecular weight is 194 g/mol. The van der Waals surface area contributed by atoms with Crippen LogP contribution in [0.3, 0.4) is 0 Å². The van der Waals surface area contributed by atoms with Gasteiger partial charge in [0.25, 0.3) is 0 Å². The van der Waals surface area contributed by atoms with E-state index in [1.54, 1.807) is 7.11 Å². The second-order valence-corrected chi connectivity index (χ2v) is 4.01. The van der Waals surface area contributed by atoms with Gasteiger partial charge in [0.2, 0.25) is 0 Å². The van der Waals surface area contributed by atoms with Gasteiger partial charge in [-0.25, -0.2) is 0 Å². The maximum absolute atomic E-state index is 5.05. The number of aromatic nitrogens is 2. The molecule has 0 N–H and O–H groups in total. The molecule has 0 amide bonds. The second-order valence-electron chi connectivity index (χ2n) is 4.01. The van der Waals surface area contributed by atoms with Crippen LogP contribution in [0.15, 0.2) is 12.3 Å². The summed E-state index contributed by atoms with van der Waals surface area (Å²) in [7, 11) is 1.71. The predicted molar refractivity (Wildman–Crippen MR) is 55.1 cm³/mol. The average Bonchev–Trinajstić information content (AvgIpc) is 2.68. The summed E-state index contributed by atoms with van der Waals surface area (Å²) in [6.45, 7) is 0.625. The summed E-state index contributed by atoms with van der Waals surface area (Å²) in [6.07, 6.45) is 8.75. The molecule has 0 bridgehead atoms. The highest BCUT2D eigenvalue weighted by Crippen LogP contribution is 2.27. The zero-order chi connectivity index (χ0) is 9.80. The van der Waals surface area contributed by atoms with Crippen LogP contribution in [0, 0.1) is 0 Å². The quantitative estimate of drug-likeness (QED) is 0.739. The van der Waals surface area contributed by atoms with Crippen molar-refractivity contribution in [2.24, 2.45) is 0 Å². The molecule has 0 aromatic carbocycles. The van der Waals surface area contributed by atoms with Crippen LogP contribution in [0.4, 0.5) is 0 Å². The van der Waals surface area contributed by atoms with Gasteiger partial charge in [-0.3, -0.25) is 4.68 Å². The monoisotopic (exact) mass is 194 g/mol. The van der Waals surface area contributed by atoms with E-state index in [9.17, 15) is 0 Å². The van der Waals surface area contributed by atoms with E-state index < -0.39 is 0 Å². The highest BCUT2D eigenvalue weighted by molar-refractivity contribution is 4.98. The lowest BCUT2D eigenvalue weighted by Gasteiger charge is -2.21. The molecule has 1 saturated carbocycles. The number of methoxy groups -OCH3 is 1. The fourth-order valence-corrected chi connectivity index (χ4v) is 2.15. The van der Waals surface area contributed by atoms with Gasteiger partial charge in [-0.1, -0.05) is 19.3 Å². The Morgan fingerprint density at radius 1 is 1.43 bits per heavy atom. The molecule has 1 aliphatic rings. The molecular weight excluding hydrogens is 176 g/mol. The Morgan fingerprint density at radius 3 is 2.93 bits per heavy atom. The molecule has 0 spiro atoms. The first-order chi connectivity index (χ1) is 6.90. The smallest absolute Gasteiger partial charge is 0.0902 e. The molecule has 78 valence electrons. The van der Waals surface area contributed by atoms with E-state index in [1.165, 1.54) is 32.1 Å². The van der Waals surface area contributed by atoms with Crippen LogP contribution in [0.5, 0.6) is 0 Å². The number of nitrogens with zero attached hydrogens (tertiary/aromatic N) is 2. The minimum atomic E-state index is 0.625. The number of rotatable bonds is 3. The SMILES string of the molecule is COCc1ccn(C2CCCCC2)n1. The zero-order valence-electron chi connectivity index (χ0n) is 8.78. The Labute approximate surface area is 85.1 Å². The van der Waals surface area contributed by atoms with E-state index in [1.807, 2.05) is 0 Å². The Balaban J connectivity index is 2.00. The lowest BCUT2D eigenvalue weighted by Crippen LogP contribution is -2.13. The minimum Gasteiger partial charge on any atom is -0.378 e. The summed E-state index contributed by atoms with van der Waals surface area (Å²) in [5.41, 5.74) is 1.04. The Bertz CT molecular complexity index is 277. The Morgan fingerprint density at radius 2 is 2.21 bits per heavy atom. The molecule has 3 heteroatoms. The van der Waals surface area contributed by atoms with Crippen LogP contribution >= 0.6 is 0 Å². The zero-order valence-corrected chi connectivity index (χ0v) is 8.78. The molecule has 14 heavy (non-hydrogen) atoms. The fraction of sp³-hybridized carbons (Fsp3) is 0.727. The lowest BCUT2D eigenvalue weighted by molar-refractivity contribution is 0.180. The van der Waals surface area contributed by atoms with Crippen molar-refractivity contribution in [3.63, 3.8) is 0 Å². The molecule has 1 fully saturated rings. The van der Waals surface area contributed by atoms with Gasteiger partial charge in [-0.15, -0.1) is 0 Å². The molecule has 1 aromatic heterocycles. The van der Waals surface area contributed by atoms with Gasteiger partial charge in [0, 0.05) is 13.3 Å². The molecule has 0 radical (unpaired) electrons. The summed E-state index contributed by atoms with van der Waals surface area (Å²) in [5, 5.41) is 4.52. The van der Waals surface area contributed by atoms with Crippen molar-refractivity contribution in [2.75, 3.05) is 7.11 Å². The highest BCUT2D eigenvalue weighted by atomic mass is 16.5. The third kappa shape index (κ3) is 2.15. The summed E-state index contributed by atoms with van der Waals surface area (Å²) >= 11 is 0. The molecule has 3 nitrogen and oxygen atoms in total. The van der Waals surface area contributed by atoms with Gasteiger partial charge >= 0.3 is 0 Å². The van der Waals surface area contributed by atoms with Crippen LogP contribution in [-0.4, -0.2) is 16.9 Å². The van der Waals surface area contributed by atoms with Crippen molar-refractivity contribution < 1.29 is 4.74 Å². The maximum Gasteiger partial charge on any atom is 0.0902 e. The molecule has 1 aliphatic carbocycles. The van der Waals surface area contributed by atoms with E-state index in [-0.39, 0.29) is 0 Å². The topological polar surface area (TPSA) is 27.1 Å². The largest absolute Gasteiger partial charge is 0.378 e. The first-order valence-electron chi connectivity index (χ1n) is 5.43. The fourth-order valence-electron chi connectivity index (χ4n) is 2.15. The van der Waals surface area contributed by atoms with Crippen molar-refractivity contribution in [1.82, 2.24) is 9.78 Å². The van der Waals surface area contributed by atoms with Crippen LogP contribution in [0.2, 0.25) is 0 Å². The normalized spacial score (nSPS) is 18.6. The molecule has 0 saturated heterocycles. The van der Waals surface area contributed by atoms with Crippen LogP contribution < -0.4 is 0 Å². The number of hydrogen-bond donors (Lipinski definition) is 0. The van der Waals surface area contributed by atoms with Gasteiger partial charge in [0.05, 0.1) is 18.3 Å². The molecule has 1 aromatic rings. The predicted octanol–water partition coefficient (Wildman–Crippen LogP) is 2.53. The number of ether oxygens (including phenoxy) is 1. The Hall–Kier alpha value is -0.830. The van der Waals surface area contributed by atoms with Crippen molar-refractivity contribution >= 4 is 0 Å². The third-order valence-corrected chi connectivity index (χ3v) is 2.90. The highest BCUT2D eigenvalue weighted by Gasteiger charge is 2.15. The van der Waals surface area contributed by atoms with E-state index in [0.29, 0.717) is 12.6 Å². The van der Waals surface area contributed by atoms with Crippen molar-refractivity contribution in [2.45, 2.75) is 44.8 Å². The lowest BCUT2D eigenvalue weighted by atomic mass is 9.96. The molecule has 0 atom stereocenters. The van der Waals surface area contributed by atoms with Gasteiger partial charge < -0.3 is 4.74 Å². The summed E-state index contributed by atoms with van der Waals surface area (Å²) < 4.78 is 7.17. The van der Waals surface area contributed by atoms with E-state index >= 15 is 0 Å². The van der Waals surface area contributed by atoms with Crippen LogP contribution in [0.1, 0.15) is 43.8 Å². The third-order valence-electron chi connectivity index (χ3n) is 2.90. The first-order valence-corrected chi connectivity index (χ1v) is 5.43. The minimum absolute atomic E-state index is 0.625. The molecular formula is C11H18N2O. The van der Waals surface area contributed by atoms with Gasteiger partial charge in [-0.05, 0) is 18.9 Å². The number of hydrogen-bond acceptors (Lipinski definition) is 2. The van der Waals surface area contributed by atoms with Crippen molar-refractivity contribution in [3.05, 3.63) is 18.0 Å². The molecule has 2 rings (SSSR count). The standard InChI is InChI=1S/C11H18N2O/c1-14-9-10-7-8-13(12-10)11-5-3-2-4-6-11/h7-8,11H,2-6,9H2,1H3. The van der Waals surface area contributed by atoms with Gasteiger partial charge in [0.15, 0.2) is 0 Å². The summed E-state index contributed by atoms with van der Waals surface area (Å²) in [4.78, 5) is 0. The van der Waals surface area contributed by atoms with E-state index in [0.717, 1.165) is 5.69 Å². The van der Waals surface area contributed by atoms with Gasteiger partial charge in [0.1, 0.15) is 0 Å². The molecule has 0 aliphatic heterocycles. The van der Waals surface area contributed by atoms with Crippen LogP contribution in [-0.2, 0) is 11.3 Å². The second kappa shape index (κ2) is 4.60.